The molecular weight excluding hydrogens is 460 g/mol. The summed E-state index contributed by atoms with van der Waals surface area (Å²) in [6.45, 7) is 4.35. The molecule has 29 heavy (non-hydrogen) atoms. The molecule has 164 valence electrons. The van der Waals surface area contributed by atoms with Gasteiger partial charge in [0.05, 0.1) is 18.8 Å². The molecule has 1 aromatic rings. The maximum absolute atomic E-state index is 10.4. The molecule has 1 aliphatic carbocycles. The van der Waals surface area contributed by atoms with Crippen LogP contribution in [0.3, 0.4) is 0 Å². The molecule has 1 aromatic heterocycles. The highest BCUT2D eigenvalue weighted by Crippen LogP contribution is 2.41. The molecule has 1 aliphatic rings. The van der Waals surface area contributed by atoms with Crippen molar-refractivity contribution in [2.75, 3.05) is 19.8 Å². The Kier molecular flexibility index (Phi) is 10.1. The fraction of sp³-hybridized carbons (Fsp3) is 0.667. The molecular formula is C21H31BrO6S. The average Bonchev–Trinajstić information content (AvgIpc) is 3.18. The quantitative estimate of drug-likeness (QED) is 0.302. The Balaban J connectivity index is 1.77. The summed E-state index contributed by atoms with van der Waals surface area (Å²) in [6, 6.07) is 1.92. The van der Waals surface area contributed by atoms with Crippen molar-refractivity contribution in [3.8, 4) is 5.06 Å². The third-order valence-electron chi connectivity index (χ3n) is 5.48. The number of hydrogen-bond donors (Lipinski definition) is 3. The first kappa shape index (κ1) is 24.3. The van der Waals surface area contributed by atoms with Gasteiger partial charge >= 0.3 is 5.97 Å². The second-order valence-corrected chi connectivity index (χ2v) is 9.81. The SMILES string of the molecule is Cc1sc(OC[C@H](O)CC(C)[C@H]2CCC(O)[C@@H]2C/C=C\COCC(=O)O)cc1Br. The second-order valence-electron chi connectivity index (χ2n) is 7.74. The Bertz CT molecular complexity index is 657. The molecule has 6 nitrogen and oxygen atoms in total. The maximum Gasteiger partial charge on any atom is 0.329 e. The number of aliphatic carboxylic acids is 1. The number of carboxylic acid groups (broad SMARTS) is 1. The van der Waals surface area contributed by atoms with Crippen LogP contribution in [0.4, 0.5) is 0 Å². The minimum Gasteiger partial charge on any atom is -0.481 e. The van der Waals surface area contributed by atoms with E-state index >= 15 is 0 Å². The van der Waals surface area contributed by atoms with E-state index in [2.05, 4.69) is 22.9 Å². The zero-order valence-corrected chi connectivity index (χ0v) is 19.3. The van der Waals surface area contributed by atoms with E-state index in [9.17, 15) is 15.0 Å². The first-order valence-electron chi connectivity index (χ1n) is 9.97. The molecule has 0 aromatic carbocycles. The fourth-order valence-electron chi connectivity index (χ4n) is 4.01. The lowest BCUT2D eigenvalue weighted by molar-refractivity contribution is -0.141. The van der Waals surface area contributed by atoms with Gasteiger partial charge in [-0.1, -0.05) is 19.1 Å². The zero-order valence-electron chi connectivity index (χ0n) is 16.9. The fourth-order valence-corrected chi connectivity index (χ4v) is 5.37. The van der Waals surface area contributed by atoms with E-state index in [0.717, 1.165) is 33.7 Å². The number of ether oxygens (including phenoxy) is 2. The average molecular weight is 491 g/mol. The largest absolute Gasteiger partial charge is 0.481 e. The van der Waals surface area contributed by atoms with Crippen LogP contribution in [-0.4, -0.2) is 53.3 Å². The molecule has 5 atom stereocenters. The van der Waals surface area contributed by atoms with Crippen molar-refractivity contribution in [1.82, 2.24) is 0 Å². The smallest absolute Gasteiger partial charge is 0.329 e. The van der Waals surface area contributed by atoms with E-state index in [4.69, 9.17) is 14.6 Å². The van der Waals surface area contributed by atoms with Gasteiger partial charge in [-0.15, -0.1) is 11.3 Å². The highest BCUT2D eigenvalue weighted by molar-refractivity contribution is 9.10. The minimum atomic E-state index is -0.983. The van der Waals surface area contributed by atoms with E-state index in [-0.39, 0.29) is 37.8 Å². The number of aliphatic hydroxyl groups excluding tert-OH is 2. The number of thiophene rings is 1. The number of allylic oxidation sites excluding steroid dienone is 1. The van der Waals surface area contributed by atoms with Gasteiger partial charge in [-0.3, -0.25) is 0 Å². The third-order valence-corrected chi connectivity index (χ3v) is 7.53. The predicted molar refractivity (Wildman–Crippen MR) is 116 cm³/mol. The summed E-state index contributed by atoms with van der Waals surface area (Å²) in [4.78, 5) is 11.6. The number of aliphatic hydroxyl groups is 2. The Hall–Kier alpha value is -0.930. The normalized spacial score (nSPS) is 24.1. The van der Waals surface area contributed by atoms with Gasteiger partial charge in [0, 0.05) is 15.4 Å². The summed E-state index contributed by atoms with van der Waals surface area (Å²) in [5.41, 5.74) is 0. The summed E-state index contributed by atoms with van der Waals surface area (Å²) >= 11 is 5.02. The van der Waals surface area contributed by atoms with Gasteiger partial charge in [-0.2, -0.15) is 0 Å². The Morgan fingerprint density at radius 3 is 2.83 bits per heavy atom. The van der Waals surface area contributed by atoms with Crippen molar-refractivity contribution in [2.24, 2.45) is 17.8 Å². The van der Waals surface area contributed by atoms with Gasteiger partial charge in [0.1, 0.15) is 13.2 Å². The summed E-state index contributed by atoms with van der Waals surface area (Å²) < 4.78 is 11.7. The first-order valence-corrected chi connectivity index (χ1v) is 11.6. The van der Waals surface area contributed by atoms with Gasteiger partial charge in [-0.25, -0.2) is 4.79 Å². The number of aryl methyl sites for hydroxylation is 1. The van der Waals surface area contributed by atoms with Gasteiger partial charge < -0.3 is 24.8 Å². The van der Waals surface area contributed by atoms with Crippen LogP contribution in [0.25, 0.3) is 0 Å². The third kappa shape index (κ3) is 8.02. The van der Waals surface area contributed by atoms with Crippen LogP contribution in [0.1, 0.15) is 37.5 Å². The van der Waals surface area contributed by atoms with Gasteiger partial charge in [0.25, 0.3) is 0 Å². The van der Waals surface area contributed by atoms with Gasteiger partial charge in [-0.05, 0) is 66.3 Å². The molecule has 0 saturated heterocycles. The number of carbonyl (C=O) groups is 1. The lowest BCUT2D eigenvalue weighted by atomic mass is 9.80. The van der Waals surface area contributed by atoms with E-state index in [1.165, 1.54) is 0 Å². The number of carboxylic acids is 1. The summed E-state index contributed by atoms with van der Waals surface area (Å²) in [5.74, 6) is -0.237. The molecule has 1 saturated carbocycles. The Morgan fingerprint density at radius 1 is 1.41 bits per heavy atom. The molecule has 1 heterocycles. The van der Waals surface area contributed by atoms with E-state index in [1.54, 1.807) is 17.4 Å². The molecule has 0 bridgehead atoms. The number of hydrogen-bond acceptors (Lipinski definition) is 6. The standard InChI is InChI=1S/C21H31BrO6S/c1-13(9-15(23)11-28-21-10-18(22)14(2)29-21)16-6-7-19(24)17(16)5-3-4-8-27-12-20(25)26/h3-4,10,13,15-17,19,23-24H,5-9,11-12H2,1-2H3,(H,25,26)/b4-3-/t13?,15-,16-,17-,19?/m1/s1. The van der Waals surface area contributed by atoms with Crippen LogP contribution in [0.15, 0.2) is 22.7 Å². The van der Waals surface area contributed by atoms with Crippen molar-refractivity contribution in [1.29, 1.82) is 0 Å². The molecule has 2 unspecified atom stereocenters. The molecule has 8 heteroatoms. The second kappa shape index (κ2) is 12.1. The summed E-state index contributed by atoms with van der Waals surface area (Å²) in [6.07, 6.45) is 5.94. The van der Waals surface area contributed by atoms with E-state index in [0.29, 0.717) is 12.3 Å². The van der Waals surface area contributed by atoms with Crippen LogP contribution in [-0.2, 0) is 9.53 Å². The van der Waals surface area contributed by atoms with Crippen LogP contribution >= 0.6 is 27.3 Å². The monoisotopic (exact) mass is 490 g/mol. The van der Waals surface area contributed by atoms with Crippen molar-refractivity contribution < 1.29 is 29.6 Å². The van der Waals surface area contributed by atoms with Crippen molar-refractivity contribution in [3.05, 3.63) is 27.6 Å². The highest BCUT2D eigenvalue weighted by atomic mass is 79.9. The minimum absolute atomic E-state index is 0.143. The number of halogens is 1. The first-order chi connectivity index (χ1) is 13.8. The lowest BCUT2D eigenvalue weighted by Gasteiger charge is -2.28. The van der Waals surface area contributed by atoms with E-state index < -0.39 is 12.1 Å². The highest BCUT2D eigenvalue weighted by Gasteiger charge is 2.37. The Morgan fingerprint density at radius 2 is 2.17 bits per heavy atom. The van der Waals surface area contributed by atoms with Crippen LogP contribution in [0, 0.1) is 24.7 Å². The number of rotatable bonds is 12. The Labute approximate surface area is 184 Å². The van der Waals surface area contributed by atoms with Crippen molar-refractivity contribution in [2.45, 2.75) is 51.7 Å². The molecule has 1 fully saturated rings. The molecule has 0 aliphatic heterocycles. The summed E-state index contributed by atoms with van der Waals surface area (Å²) in [5, 5.41) is 30.1. The van der Waals surface area contributed by atoms with Crippen molar-refractivity contribution in [3.63, 3.8) is 0 Å². The topological polar surface area (TPSA) is 96.2 Å². The van der Waals surface area contributed by atoms with Gasteiger partial charge in [0.2, 0.25) is 0 Å². The van der Waals surface area contributed by atoms with Crippen molar-refractivity contribution >= 4 is 33.2 Å². The predicted octanol–water partition coefficient (Wildman–Crippen LogP) is 4.02. The van der Waals surface area contributed by atoms with Gasteiger partial charge in [0.15, 0.2) is 5.06 Å². The van der Waals surface area contributed by atoms with Crippen LogP contribution < -0.4 is 4.74 Å². The van der Waals surface area contributed by atoms with Crippen LogP contribution in [0.5, 0.6) is 5.06 Å². The van der Waals surface area contributed by atoms with Crippen LogP contribution in [0.2, 0.25) is 0 Å². The molecule has 0 radical (unpaired) electrons. The molecule has 3 N–H and O–H groups in total. The van der Waals surface area contributed by atoms with E-state index in [1.807, 2.05) is 19.1 Å². The molecule has 0 spiro atoms. The maximum atomic E-state index is 10.4. The molecule has 0 amide bonds. The molecule has 2 rings (SSSR count). The lowest BCUT2D eigenvalue weighted by Crippen LogP contribution is -2.28. The summed E-state index contributed by atoms with van der Waals surface area (Å²) in [7, 11) is 0. The zero-order chi connectivity index (χ0) is 21.4.